The zero-order chi connectivity index (χ0) is 15.1. The van der Waals surface area contributed by atoms with Crippen LogP contribution in [0.15, 0.2) is 18.2 Å². The molecule has 0 bridgehead atoms. The van der Waals surface area contributed by atoms with Crippen LogP contribution in [0.1, 0.15) is 11.1 Å². The molecule has 0 aliphatic carbocycles. The third-order valence-electron chi connectivity index (χ3n) is 2.88. The zero-order valence-corrected chi connectivity index (χ0v) is 11.8. The number of aliphatic carboxylic acids is 1. The van der Waals surface area contributed by atoms with Crippen LogP contribution in [0.2, 0.25) is 0 Å². The van der Waals surface area contributed by atoms with Crippen LogP contribution in [0.5, 0.6) is 5.75 Å². The molecule has 0 aliphatic heterocycles. The summed E-state index contributed by atoms with van der Waals surface area (Å²) in [6, 6.07) is 5.50. The van der Waals surface area contributed by atoms with Gasteiger partial charge in [-0.15, -0.1) is 0 Å². The van der Waals surface area contributed by atoms with Crippen LogP contribution in [-0.2, 0) is 20.7 Å². The minimum atomic E-state index is -1.11. The van der Waals surface area contributed by atoms with E-state index < -0.39 is 12.1 Å². The van der Waals surface area contributed by atoms with Gasteiger partial charge < -0.3 is 19.9 Å². The first kappa shape index (κ1) is 16.0. The Hall–Kier alpha value is -2.08. The van der Waals surface area contributed by atoms with Gasteiger partial charge in [-0.1, -0.05) is 12.1 Å². The van der Waals surface area contributed by atoms with Crippen molar-refractivity contribution in [1.29, 1.82) is 0 Å². The van der Waals surface area contributed by atoms with Crippen LogP contribution >= 0.6 is 0 Å². The Morgan fingerprint density at radius 2 is 2.05 bits per heavy atom. The number of nitrogens with one attached hydrogen (secondary N) is 1. The molecule has 0 heterocycles. The summed E-state index contributed by atoms with van der Waals surface area (Å²) in [6.07, 6.45) is -0.876. The summed E-state index contributed by atoms with van der Waals surface area (Å²) >= 11 is 0. The molecule has 20 heavy (non-hydrogen) atoms. The number of rotatable bonds is 7. The minimum Gasteiger partial charge on any atom is -0.496 e. The molecule has 110 valence electrons. The van der Waals surface area contributed by atoms with E-state index in [4.69, 9.17) is 14.6 Å². The molecular weight excluding hydrogens is 262 g/mol. The second-order valence-corrected chi connectivity index (χ2v) is 4.35. The Morgan fingerprint density at radius 1 is 1.35 bits per heavy atom. The van der Waals surface area contributed by atoms with E-state index in [0.717, 1.165) is 16.9 Å². The van der Waals surface area contributed by atoms with Gasteiger partial charge in [0.1, 0.15) is 5.75 Å². The molecule has 6 nitrogen and oxygen atoms in total. The van der Waals surface area contributed by atoms with Crippen molar-refractivity contribution < 1.29 is 24.2 Å². The fourth-order valence-corrected chi connectivity index (χ4v) is 1.70. The van der Waals surface area contributed by atoms with E-state index in [-0.39, 0.29) is 18.9 Å². The van der Waals surface area contributed by atoms with Crippen LogP contribution < -0.4 is 10.1 Å². The van der Waals surface area contributed by atoms with E-state index in [0.29, 0.717) is 0 Å². The van der Waals surface area contributed by atoms with Crippen molar-refractivity contribution in [2.24, 2.45) is 0 Å². The lowest BCUT2D eigenvalue weighted by Gasteiger charge is -2.12. The molecule has 1 unspecified atom stereocenters. The number of hydrogen-bond acceptors (Lipinski definition) is 4. The van der Waals surface area contributed by atoms with Crippen molar-refractivity contribution >= 4 is 11.9 Å². The van der Waals surface area contributed by atoms with Gasteiger partial charge in [0.05, 0.1) is 20.1 Å². The van der Waals surface area contributed by atoms with E-state index in [1.807, 2.05) is 19.1 Å². The SMILES string of the molecule is COc1cc(CC(=O)NCC(OC)C(=O)O)ccc1C. The maximum atomic E-state index is 11.7. The van der Waals surface area contributed by atoms with Gasteiger partial charge in [0, 0.05) is 7.11 Å². The van der Waals surface area contributed by atoms with E-state index in [9.17, 15) is 9.59 Å². The van der Waals surface area contributed by atoms with Crippen LogP contribution in [-0.4, -0.2) is 43.9 Å². The molecule has 0 aliphatic rings. The molecule has 1 amide bonds. The van der Waals surface area contributed by atoms with Gasteiger partial charge in [0.25, 0.3) is 0 Å². The van der Waals surface area contributed by atoms with Crippen molar-refractivity contribution in [1.82, 2.24) is 5.32 Å². The van der Waals surface area contributed by atoms with Crippen molar-refractivity contribution in [2.75, 3.05) is 20.8 Å². The Labute approximate surface area is 117 Å². The van der Waals surface area contributed by atoms with E-state index in [1.165, 1.54) is 7.11 Å². The standard InChI is InChI=1S/C14H19NO5/c1-9-4-5-10(6-11(9)19-2)7-13(16)15-8-12(20-3)14(17)18/h4-6,12H,7-8H2,1-3H3,(H,15,16)(H,17,18). The third-order valence-corrected chi connectivity index (χ3v) is 2.88. The lowest BCUT2D eigenvalue weighted by molar-refractivity contribution is -0.148. The predicted molar refractivity (Wildman–Crippen MR) is 72.9 cm³/mol. The molecule has 6 heteroatoms. The first-order chi connectivity index (χ1) is 9.47. The summed E-state index contributed by atoms with van der Waals surface area (Å²) in [4.78, 5) is 22.5. The molecule has 0 fully saturated rings. The number of hydrogen-bond donors (Lipinski definition) is 2. The number of methoxy groups -OCH3 is 2. The molecule has 0 radical (unpaired) electrons. The Bertz CT molecular complexity index is 486. The molecule has 2 N–H and O–H groups in total. The van der Waals surface area contributed by atoms with E-state index >= 15 is 0 Å². The average molecular weight is 281 g/mol. The smallest absolute Gasteiger partial charge is 0.334 e. The highest BCUT2D eigenvalue weighted by Crippen LogP contribution is 2.19. The lowest BCUT2D eigenvalue weighted by Crippen LogP contribution is -2.38. The number of carboxylic acids is 1. The van der Waals surface area contributed by atoms with Crippen LogP contribution in [0.25, 0.3) is 0 Å². The molecule has 1 atom stereocenters. The highest BCUT2D eigenvalue weighted by Gasteiger charge is 2.17. The molecule has 0 spiro atoms. The Balaban J connectivity index is 2.56. The summed E-state index contributed by atoms with van der Waals surface area (Å²) < 4.78 is 9.92. The average Bonchev–Trinajstić information content (AvgIpc) is 2.41. The zero-order valence-electron chi connectivity index (χ0n) is 11.8. The summed E-state index contributed by atoms with van der Waals surface area (Å²) in [7, 11) is 2.86. The highest BCUT2D eigenvalue weighted by molar-refractivity contribution is 5.80. The molecule has 1 aromatic carbocycles. The number of benzene rings is 1. The highest BCUT2D eigenvalue weighted by atomic mass is 16.5. The first-order valence-corrected chi connectivity index (χ1v) is 6.13. The summed E-state index contributed by atoms with van der Waals surface area (Å²) in [5, 5.41) is 11.3. The topological polar surface area (TPSA) is 84.9 Å². The van der Waals surface area contributed by atoms with E-state index in [1.54, 1.807) is 13.2 Å². The Kier molecular flexibility index (Phi) is 5.99. The fraction of sp³-hybridized carbons (Fsp3) is 0.429. The fourth-order valence-electron chi connectivity index (χ4n) is 1.70. The maximum absolute atomic E-state index is 11.7. The molecule has 1 rings (SSSR count). The number of amides is 1. The molecule has 0 saturated heterocycles. The molecule has 0 saturated carbocycles. The minimum absolute atomic E-state index is 0.0618. The predicted octanol–water partition coefficient (Wildman–Crippen LogP) is 0.762. The number of carbonyl (C=O) groups excluding carboxylic acids is 1. The monoisotopic (exact) mass is 281 g/mol. The van der Waals surface area contributed by atoms with Gasteiger partial charge in [0.15, 0.2) is 6.10 Å². The van der Waals surface area contributed by atoms with Crippen LogP contribution in [0.4, 0.5) is 0 Å². The van der Waals surface area contributed by atoms with Crippen molar-refractivity contribution in [3.63, 3.8) is 0 Å². The van der Waals surface area contributed by atoms with Gasteiger partial charge in [-0.25, -0.2) is 4.79 Å². The van der Waals surface area contributed by atoms with Crippen molar-refractivity contribution in [3.05, 3.63) is 29.3 Å². The number of aryl methyl sites for hydroxylation is 1. The number of ether oxygens (including phenoxy) is 2. The van der Waals surface area contributed by atoms with Gasteiger partial charge in [0.2, 0.25) is 5.91 Å². The Morgan fingerprint density at radius 3 is 2.60 bits per heavy atom. The van der Waals surface area contributed by atoms with Gasteiger partial charge >= 0.3 is 5.97 Å². The number of carboxylic acid groups (broad SMARTS) is 1. The summed E-state index contributed by atoms with van der Waals surface area (Å²) in [5.74, 6) is -0.653. The quantitative estimate of drug-likeness (QED) is 0.771. The van der Waals surface area contributed by atoms with Crippen LogP contribution in [0, 0.1) is 6.92 Å². The molecule has 0 aromatic heterocycles. The van der Waals surface area contributed by atoms with Gasteiger partial charge in [-0.05, 0) is 24.1 Å². The number of carbonyl (C=O) groups is 2. The summed E-state index contributed by atoms with van der Waals surface area (Å²) in [5.41, 5.74) is 1.79. The van der Waals surface area contributed by atoms with Crippen LogP contribution in [0.3, 0.4) is 0 Å². The second kappa shape index (κ2) is 7.49. The van der Waals surface area contributed by atoms with E-state index in [2.05, 4.69) is 5.32 Å². The molecule has 1 aromatic rings. The van der Waals surface area contributed by atoms with Gasteiger partial charge in [-0.2, -0.15) is 0 Å². The van der Waals surface area contributed by atoms with Gasteiger partial charge in [-0.3, -0.25) is 4.79 Å². The lowest BCUT2D eigenvalue weighted by atomic mass is 10.1. The summed E-state index contributed by atoms with van der Waals surface area (Å²) in [6.45, 7) is 1.85. The maximum Gasteiger partial charge on any atom is 0.334 e. The first-order valence-electron chi connectivity index (χ1n) is 6.13. The largest absolute Gasteiger partial charge is 0.496 e. The normalized spacial score (nSPS) is 11.8. The third kappa shape index (κ3) is 4.55. The van der Waals surface area contributed by atoms with Crippen molar-refractivity contribution in [2.45, 2.75) is 19.4 Å². The molecular formula is C14H19NO5. The second-order valence-electron chi connectivity index (χ2n) is 4.35. The van der Waals surface area contributed by atoms with Crippen molar-refractivity contribution in [3.8, 4) is 5.75 Å².